The number of benzene rings is 2. The van der Waals surface area contributed by atoms with Crippen LogP contribution in [0.5, 0.6) is 11.5 Å². The van der Waals surface area contributed by atoms with E-state index in [2.05, 4.69) is 15.9 Å². The zero-order valence-corrected chi connectivity index (χ0v) is 12.7. The number of carbonyl (C=O) groups excluding carboxylic acids is 1. The highest BCUT2D eigenvalue weighted by molar-refractivity contribution is 9.10. The van der Waals surface area contributed by atoms with E-state index < -0.39 is 10.8 Å². The smallest absolute Gasteiger partial charge is 0.274 e. The summed E-state index contributed by atoms with van der Waals surface area (Å²) in [6.45, 7) is 0. The Kier molecular flexibility index (Phi) is 3.42. The van der Waals surface area contributed by atoms with E-state index in [9.17, 15) is 14.9 Å². The maximum absolute atomic E-state index is 11.6. The van der Waals surface area contributed by atoms with Gasteiger partial charge in [-0.3, -0.25) is 14.9 Å². The van der Waals surface area contributed by atoms with Gasteiger partial charge in [-0.15, -0.1) is 0 Å². The molecule has 7 heteroatoms. The van der Waals surface area contributed by atoms with Gasteiger partial charge in [0, 0.05) is 21.7 Å². The molecule has 0 spiro atoms. The molecule has 1 amide bonds. The third kappa shape index (κ3) is 2.46. The number of rotatable bonds is 2. The fraction of sp³-hybridized carbons (Fsp3) is 0. The first-order valence-corrected chi connectivity index (χ1v) is 7.03. The molecule has 0 saturated heterocycles. The molecule has 6 nitrogen and oxygen atoms in total. The number of primary amides is 1. The second-order valence-corrected chi connectivity index (χ2v) is 5.56. The summed E-state index contributed by atoms with van der Waals surface area (Å²) >= 11 is 3.37. The largest absolute Gasteiger partial charge is 0.456 e. The number of amides is 1. The van der Waals surface area contributed by atoms with E-state index in [0.29, 0.717) is 11.3 Å². The highest BCUT2D eigenvalue weighted by atomic mass is 79.9. The van der Waals surface area contributed by atoms with Crippen molar-refractivity contribution in [1.82, 2.24) is 0 Å². The Bertz CT molecular complexity index is 846. The van der Waals surface area contributed by atoms with Gasteiger partial charge in [0.1, 0.15) is 11.5 Å². The zero-order chi connectivity index (χ0) is 15.9. The average Bonchev–Trinajstić information content (AvgIpc) is 2.64. The molecule has 0 bridgehead atoms. The lowest BCUT2D eigenvalue weighted by molar-refractivity contribution is -0.384. The average molecular weight is 361 g/mol. The van der Waals surface area contributed by atoms with Crippen molar-refractivity contribution >= 4 is 39.7 Å². The highest BCUT2D eigenvalue weighted by Gasteiger charge is 2.22. The molecule has 0 fully saturated rings. The summed E-state index contributed by atoms with van der Waals surface area (Å²) in [4.78, 5) is 22.0. The van der Waals surface area contributed by atoms with E-state index in [1.807, 2.05) is 6.07 Å². The molecule has 0 unspecified atom stereocenters. The number of carbonyl (C=O) groups is 1. The van der Waals surface area contributed by atoms with Crippen molar-refractivity contribution in [1.29, 1.82) is 0 Å². The van der Waals surface area contributed by atoms with E-state index in [-0.39, 0.29) is 17.0 Å². The number of ether oxygens (including phenoxy) is 1. The molecule has 2 N–H and O–H groups in total. The minimum atomic E-state index is -0.750. The van der Waals surface area contributed by atoms with E-state index >= 15 is 0 Å². The van der Waals surface area contributed by atoms with Crippen LogP contribution in [0.25, 0.3) is 12.2 Å². The van der Waals surface area contributed by atoms with Crippen molar-refractivity contribution in [3.8, 4) is 11.5 Å². The molecule has 110 valence electrons. The number of nitro groups is 1. The molecule has 0 aliphatic carbocycles. The number of halogens is 1. The van der Waals surface area contributed by atoms with Gasteiger partial charge in [-0.1, -0.05) is 22.0 Å². The van der Waals surface area contributed by atoms with Crippen LogP contribution in [-0.2, 0) is 0 Å². The predicted octanol–water partition coefficient (Wildman–Crippen LogP) is 3.73. The van der Waals surface area contributed by atoms with Gasteiger partial charge in [0.25, 0.3) is 5.69 Å². The Morgan fingerprint density at radius 2 is 1.95 bits per heavy atom. The second-order valence-electron chi connectivity index (χ2n) is 4.64. The third-order valence-corrected chi connectivity index (χ3v) is 3.72. The first-order valence-electron chi connectivity index (χ1n) is 6.23. The number of hydrogen-bond donors (Lipinski definition) is 1. The number of fused-ring (bicyclic) bond motifs is 2. The first-order chi connectivity index (χ1) is 10.5. The Morgan fingerprint density at radius 3 is 2.64 bits per heavy atom. The van der Waals surface area contributed by atoms with E-state index in [1.54, 1.807) is 24.3 Å². The minimum absolute atomic E-state index is 0.0484. The minimum Gasteiger partial charge on any atom is -0.456 e. The van der Waals surface area contributed by atoms with Crippen LogP contribution in [-0.4, -0.2) is 10.8 Å². The molecule has 0 aromatic heterocycles. The van der Waals surface area contributed by atoms with Crippen molar-refractivity contribution in [2.45, 2.75) is 0 Å². The highest BCUT2D eigenvalue weighted by Crippen LogP contribution is 2.38. The quantitative estimate of drug-likeness (QED) is 0.556. The SMILES string of the molecule is NC(=O)c1cc([N+](=O)[O-])cc2c1C=Cc1cc(Br)ccc1O2. The second kappa shape index (κ2) is 5.27. The number of nitrogens with two attached hydrogens (primary N) is 1. The van der Waals surface area contributed by atoms with Crippen molar-refractivity contribution in [3.05, 3.63) is 61.6 Å². The van der Waals surface area contributed by atoms with Gasteiger partial charge in [0.05, 0.1) is 16.6 Å². The predicted molar refractivity (Wildman–Crippen MR) is 84.8 cm³/mol. The summed E-state index contributed by atoms with van der Waals surface area (Å²) < 4.78 is 6.61. The van der Waals surface area contributed by atoms with Crippen LogP contribution in [0.1, 0.15) is 21.5 Å². The van der Waals surface area contributed by atoms with E-state index in [0.717, 1.165) is 16.1 Å². The standard InChI is InChI=1S/C15H9BrN2O4/c16-9-2-4-13-8(5-9)1-3-11-12(15(17)19)6-10(18(20)21)7-14(11)22-13/h1-7H,(H2,17,19). The van der Waals surface area contributed by atoms with Crippen molar-refractivity contribution in [2.75, 3.05) is 0 Å². The summed E-state index contributed by atoms with van der Waals surface area (Å²) in [6, 6.07) is 7.81. The van der Waals surface area contributed by atoms with Gasteiger partial charge in [-0.25, -0.2) is 0 Å². The summed E-state index contributed by atoms with van der Waals surface area (Å²) in [7, 11) is 0. The monoisotopic (exact) mass is 360 g/mol. The fourth-order valence-electron chi connectivity index (χ4n) is 2.21. The van der Waals surface area contributed by atoms with Gasteiger partial charge in [-0.05, 0) is 24.3 Å². The van der Waals surface area contributed by atoms with Crippen LogP contribution < -0.4 is 10.5 Å². The zero-order valence-electron chi connectivity index (χ0n) is 11.1. The Balaban J connectivity index is 2.24. The molecule has 1 aliphatic heterocycles. The molecule has 0 atom stereocenters. The molecule has 2 aromatic rings. The van der Waals surface area contributed by atoms with E-state index in [4.69, 9.17) is 10.5 Å². The topological polar surface area (TPSA) is 95.5 Å². The summed E-state index contributed by atoms with van der Waals surface area (Å²) in [5.41, 5.74) is 6.33. The molecule has 22 heavy (non-hydrogen) atoms. The first kappa shape index (κ1) is 14.3. The van der Waals surface area contributed by atoms with Crippen LogP contribution in [0.2, 0.25) is 0 Å². The van der Waals surface area contributed by atoms with Gasteiger partial charge in [0.15, 0.2) is 0 Å². The summed E-state index contributed by atoms with van der Waals surface area (Å²) in [6.07, 6.45) is 3.43. The Hall–Kier alpha value is -2.67. The molecular weight excluding hydrogens is 352 g/mol. The molecule has 1 aliphatic rings. The number of nitrogens with zero attached hydrogens (tertiary/aromatic N) is 1. The van der Waals surface area contributed by atoms with Gasteiger partial charge < -0.3 is 10.5 Å². The molecule has 3 rings (SSSR count). The fourth-order valence-corrected chi connectivity index (χ4v) is 2.59. The number of non-ortho nitro benzene ring substituents is 1. The molecule has 2 aromatic carbocycles. The number of hydrogen-bond acceptors (Lipinski definition) is 4. The van der Waals surface area contributed by atoms with Crippen molar-refractivity contribution < 1.29 is 14.5 Å². The summed E-state index contributed by atoms with van der Waals surface area (Å²) in [5, 5.41) is 11.0. The molecule has 1 heterocycles. The van der Waals surface area contributed by atoms with Crippen LogP contribution in [0, 0.1) is 10.1 Å². The lowest BCUT2D eigenvalue weighted by Gasteiger charge is -2.11. The molecule has 0 saturated carbocycles. The van der Waals surface area contributed by atoms with Gasteiger partial charge in [-0.2, -0.15) is 0 Å². The Morgan fingerprint density at radius 1 is 1.18 bits per heavy atom. The van der Waals surface area contributed by atoms with Crippen LogP contribution in [0.4, 0.5) is 5.69 Å². The maximum atomic E-state index is 11.6. The van der Waals surface area contributed by atoms with E-state index in [1.165, 1.54) is 6.07 Å². The normalized spacial score (nSPS) is 11.9. The maximum Gasteiger partial charge on any atom is 0.274 e. The molecule has 0 radical (unpaired) electrons. The van der Waals surface area contributed by atoms with Crippen molar-refractivity contribution in [2.24, 2.45) is 5.73 Å². The van der Waals surface area contributed by atoms with Crippen LogP contribution in [0.15, 0.2) is 34.8 Å². The Labute approximate surface area is 133 Å². The van der Waals surface area contributed by atoms with Crippen molar-refractivity contribution in [3.63, 3.8) is 0 Å². The number of nitro benzene ring substituents is 1. The van der Waals surface area contributed by atoms with Crippen LogP contribution in [0.3, 0.4) is 0 Å². The third-order valence-electron chi connectivity index (χ3n) is 3.22. The summed E-state index contributed by atoms with van der Waals surface area (Å²) in [5.74, 6) is 0.00905. The molecular formula is C15H9BrN2O4. The lowest BCUT2D eigenvalue weighted by Crippen LogP contribution is -2.13. The van der Waals surface area contributed by atoms with Gasteiger partial charge >= 0.3 is 0 Å². The lowest BCUT2D eigenvalue weighted by atomic mass is 10.0. The van der Waals surface area contributed by atoms with Gasteiger partial charge in [0.2, 0.25) is 5.91 Å². The van der Waals surface area contributed by atoms with Crippen LogP contribution >= 0.6 is 15.9 Å².